The van der Waals surface area contributed by atoms with Crippen LogP contribution < -0.4 is 9.62 Å². The molecule has 0 spiro atoms. The average molecular weight is 541 g/mol. The van der Waals surface area contributed by atoms with Crippen molar-refractivity contribution < 1.29 is 13.2 Å². The van der Waals surface area contributed by atoms with Gasteiger partial charge in [-0.1, -0.05) is 73.4 Å². The zero-order chi connectivity index (χ0) is 24.9. The van der Waals surface area contributed by atoms with E-state index < -0.39 is 15.9 Å². The Hall–Kier alpha value is -2.13. The Labute approximate surface area is 215 Å². The molecular weight excluding hydrogens is 513 g/mol. The van der Waals surface area contributed by atoms with Crippen molar-refractivity contribution in [3.8, 4) is 11.3 Å². The molecule has 1 N–H and O–H groups in total. The summed E-state index contributed by atoms with van der Waals surface area (Å²) in [6.45, 7) is 6.11. The number of thiazole rings is 1. The second kappa shape index (κ2) is 11.5. The Kier molecular flexibility index (Phi) is 8.98. The Bertz CT molecular complexity index is 1250. The van der Waals surface area contributed by atoms with Crippen LogP contribution in [0.1, 0.15) is 31.2 Å². The molecular formula is C24H27Cl2N3O3S2. The molecule has 0 unspecified atom stereocenters. The van der Waals surface area contributed by atoms with Crippen LogP contribution in [-0.4, -0.2) is 31.6 Å². The Morgan fingerprint density at radius 1 is 1.12 bits per heavy atom. The molecule has 1 aromatic heterocycles. The summed E-state index contributed by atoms with van der Waals surface area (Å²) < 4.78 is 26.7. The number of sulfonamides is 1. The molecule has 10 heteroatoms. The molecule has 6 nitrogen and oxygen atoms in total. The zero-order valence-corrected chi connectivity index (χ0v) is 22.4. The maximum atomic E-state index is 12.3. The minimum atomic E-state index is -3.76. The van der Waals surface area contributed by atoms with Crippen molar-refractivity contribution in [2.24, 2.45) is 5.92 Å². The zero-order valence-electron chi connectivity index (χ0n) is 19.2. The molecule has 1 amide bonds. The number of halogens is 2. The second-order valence-electron chi connectivity index (χ2n) is 8.38. The number of nitrogens with zero attached hydrogens (tertiary/aromatic N) is 2. The molecule has 2 aromatic carbocycles. The van der Waals surface area contributed by atoms with Crippen LogP contribution >= 0.6 is 34.5 Å². The largest absolute Gasteiger partial charge is 0.343 e. The summed E-state index contributed by atoms with van der Waals surface area (Å²) in [5.74, 6) is -0.442. The summed E-state index contributed by atoms with van der Waals surface area (Å²) in [6.07, 6.45) is 0.816. The molecule has 0 fully saturated rings. The van der Waals surface area contributed by atoms with Gasteiger partial charge in [-0.3, -0.25) is 9.52 Å². The summed E-state index contributed by atoms with van der Waals surface area (Å²) in [6, 6.07) is 15.2. The van der Waals surface area contributed by atoms with E-state index in [1.807, 2.05) is 46.0 Å². The Balaban J connectivity index is 2.00. The quantitative estimate of drug-likeness (QED) is 0.352. The van der Waals surface area contributed by atoms with Gasteiger partial charge in [0.2, 0.25) is 15.9 Å². The minimum absolute atomic E-state index is 0.174. The molecule has 182 valence electrons. The number of amides is 1. The number of hydrogen-bond acceptors (Lipinski definition) is 6. The first kappa shape index (κ1) is 26.5. The van der Waals surface area contributed by atoms with E-state index >= 15 is 0 Å². The molecule has 0 aliphatic heterocycles. The van der Waals surface area contributed by atoms with Gasteiger partial charge in [-0.2, -0.15) is 0 Å². The van der Waals surface area contributed by atoms with Gasteiger partial charge in [0.15, 0.2) is 5.13 Å². The van der Waals surface area contributed by atoms with E-state index in [9.17, 15) is 13.2 Å². The maximum Gasteiger partial charge on any atom is 0.236 e. The molecule has 34 heavy (non-hydrogen) atoms. The van der Waals surface area contributed by atoms with Crippen LogP contribution in [0.4, 0.5) is 5.13 Å². The fourth-order valence-corrected chi connectivity index (χ4v) is 6.02. The van der Waals surface area contributed by atoms with Gasteiger partial charge in [-0.05, 0) is 30.0 Å². The lowest BCUT2D eigenvalue weighted by Crippen LogP contribution is -2.36. The van der Waals surface area contributed by atoms with Crippen LogP contribution in [0.25, 0.3) is 11.3 Å². The van der Waals surface area contributed by atoms with E-state index in [1.54, 1.807) is 23.5 Å². The van der Waals surface area contributed by atoms with Crippen molar-refractivity contribution in [3.63, 3.8) is 0 Å². The van der Waals surface area contributed by atoms with Gasteiger partial charge in [0.25, 0.3) is 0 Å². The highest BCUT2D eigenvalue weighted by Gasteiger charge is 2.22. The number of carbonyl (C=O) groups is 1. The second-order valence-corrected chi connectivity index (χ2v) is 12.1. The van der Waals surface area contributed by atoms with Crippen molar-refractivity contribution in [2.75, 3.05) is 17.2 Å². The fourth-order valence-electron chi connectivity index (χ4n) is 3.40. The third-order valence-electron chi connectivity index (χ3n) is 4.89. The number of aromatic nitrogens is 1. The molecule has 0 aliphatic carbocycles. The number of nitrogens with one attached hydrogen (secondary N) is 1. The molecule has 0 bridgehead atoms. The Morgan fingerprint density at radius 2 is 1.82 bits per heavy atom. The van der Waals surface area contributed by atoms with Crippen LogP contribution in [0.2, 0.25) is 10.0 Å². The average Bonchev–Trinajstić information content (AvgIpc) is 3.16. The molecule has 0 saturated carbocycles. The maximum absolute atomic E-state index is 12.3. The van der Waals surface area contributed by atoms with Crippen molar-refractivity contribution in [2.45, 2.75) is 33.7 Å². The number of anilines is 1. The monoisotopic (exact) mass is 539 g/mol. The number of carbonyl (C=O) groups excluding carboxylic acids is 1. The minimum Gasteiger partial charge on any atom is -0.343 e. The standard InChI is InChI=1S/C24H27Cl2N3O3S2/c1-16(2)13-22-23(19-9-10-20(25)21(26)14-19)27-24(33-22)29(15-18-7-5-4-6-8-18)11-12-34(31,32)28-17(3)30/h4-10,14,16H,11-13,15H2,1-3H3,(H,28,30). The first-order valence-electron chi connectivity index (χ1n) is 10.8. The van der Waals surface area contributed by atoms with Crippen molar-refractivity contribution in [3.05, 3.63) is 69.0 Å². The van der Waals surface area contributed by atoms with E-state index in [4.69, 9.17) is 28.2 Å². The number of hydrogen-bond donors (Lipinski definition) is 1. The SMILES string of the molecule is CC(=O)NS(=O)(=O)CCN(Cc1ccccc1)c1nc(-c2ccc(Cl)c(Cl)c2)c(CC(C)C)s1. The van der Waals surface area contributed by atoms with Gasteiger partial charge in [0, 0.05) is 30.5 Å². The van der Waals surface area contributed by atoms with Crippen molar-refractivity contribution in [1.82, 2.24) is 9.71 Å². The topological polar surface area (TPSA) is 79.4 Å². The van der Waals surface area contributed by atoms with E-state index in [0.717, 1.165) is 28.1 Å². The van der Waals surface area contributed by atoms with Gasteiger partial charge < -0.3 is 4.90 Å². The number of rotatable bonds is 10. The van der Waals surface area contributed by atoms with Crippen molar-refractivity contribution in [1.29, 1.82) is 0 Å². The highest BCUT2D eigenvalue weighted by atomic mass is 35.5. The van der Waals surface area contributed by atoms with E-state index in [0.29, 0.717) is 27.6 Å². The molecule has 0 saturated heterocycles. The summed E-state index contributed by atoms with van der Waals surface area (Å²) >= 11 is 13.9. The summed E-state index contributed by atoms with van der Waals surface area (Å²) in [5, 5.41) is 1.63. The van der Waals surface area contributed by atoms with Crippen LogP contribution in [0.3, 0.4) is 0 Å². The lowest BCUT2D eigenvalue weighted by molar-refractivity contribution is -0.117. The Morgan fingerprint density at radius 3 is 2.44 bits per heavy atom. The lowest BCUT2D eigenvalue weighted by atomic mass is 10.0. The molecule has 3 aromatic rings. The molecule has 0 radical (unpaired) electrons. The molecule has 3 rings (SSSR count). The van der Waals surface area contributed by atoms with Crippen LogP contribution in [0.15, 0.2) is 48.5 Å². The smallest absolute Gasteiger partial charge is 0.236 e. The van der Waals surface area contributed by atoms with Gasteiger partial charge in [0.1, 0.15) is 0 Å². The normalized spacial score (nSPS) is 11.6. The molecule has 0 atom stereocenters. The predicted molar refractivity (Wildman–Crippen MR) is 141 cm³/mol. The van der Waals surface area contributed by atoms with Crippen molar-refractivity contribution >= 4 is 55.6 Å². The first-order valence-corrected chi connectivity index (χ1v) is 14.0. The van der Waals surface area contributed by atoms with Crippen LogP contribution in [0.5, 0.6) is 0 Å². The summed E-state index contributed by atoms with van der Waals surface area (Å²) in [5.41, 5.74) is 2.70. The van der Waals surface area contributed by atoms with Crippen LogP contribution in [0, 0.1) is 5.92 Å². The van der Waals surface area contributed by atoms with Gasteiger partial charge >= 0.3 is 0 Å². The van der Waals surface area contributed by atoms with E-state index in [-0.39, 0.29) is 12.3 Å². The third-order valence-corrected chi connectivity index (χ3v) is 8.08. The van der Waals surface area contributed by atoms with Gasteiger partial charge in [-0.15, -0.1) is 11.3 Å². The summed E-state index contributed by atoms with van der Waals surface area (Å²) in [7, 11) is -3.76. The van der Waals surface area contributed by atoms with E-state index in [1.165, 1.54) is 6.92 Å². The first-order chi connectivity index (χ1) is 16.0. The highest BCUT2D eigenvalue weighted by molar-refractivity contribution is 7.90. The molecule has 0 aliphatic rings. The highest BCUT2D eigenvalue weighted by Crippen LogP contribution is 2.37. The van der Waals surface area contributed by atoms with Gasteiger partial charge in [0.05, 0.1) is 21.5 Å². The number of benzene rings is 2. The van der Waals surface area contributed by atoms with Gasteiger partial charge in [-0.25, -0.2) is 13.4 Å². The predicted octanol–water partition coefficient (Wildman–Crippen LogP) is 5.79. The fraction of sp³-hybridized carbons (Fsp3) is 0.333. The third kappa shape index (κ3) is 7.43. The summed E-state index contributed by atoms with van der Waals surface area (Å²) in [4.78, 5) is 19.2. The lowest BCUT2D eigenvalue weighted by Gasteiger charge is -2.22. The van der Waals surface area contributed by atoms with Crippen LogP contribution in [-0.2, 0) is 27.8 Å². The molecule has 1 heterocycles. The van der Waals surface area contributed by atoms with E-state index in [2.05, 4.69) is 13.8 Å².